The predicted molar refractivity (Wildman–Crippen MR) is 53.4 cm³/mol. The lowest BCUT2D eigenvalue weighted by atomic mass is 10.0. The third kappa shape index (κ3) is 2.69. The summed E-state index contributed by atoms with van der Waals surface area (Å²) in [6.45, 7) is 0.241. The molecule has 0 spiro atoms. The van der Waals surface area contributed by atoms with E-state index in [0.717, 1.165) is 6.07 Å². The summed E-state index contributed by atoms with van der Waals surface area (Å²) in [6, 6.07) is 5.30. The van der Waals surface area contributed by atoms with Crippen LogP contribution in [0.5, 0.6) is 0 Å². The van der Waals surface area contributed by atoms with Gasteiger partial charge >= 0.3 is 12.3 Å². The summed E-state index contributed by atoms with van der Waals surface area (Å²) in [5.41, 5.74) is -0.538. The quantitative estimate of drug-likeness (QED) is 0.868. The van der Waals surface area contributed by atoms with Crippen molar-refractivity contribution in [2.45, 2.75) is 18.7 Å². The minimum absolute atomic E-state index is 0.0639. The Balaban J connectivity index is 2.18. The van der Waals surface area contributed by atoms with Gasteiger partial charge in [0.15, 0.2) is 0 Å². The van der Waals surface area contributed by atoms with Gasteiger partial charge in [0.05, 0.1) is 12.1 Å². The van der Waals surface area contributed by atoms with Gasteiger partial charge in [0, 0.05) is 6.42 Å². The molecule has 17 heavy (non-hydrogen) atoms. The fraction of sp³-hybridized carbons (Fsp3) is 0.364. The first kappa shape index (κ1) is 11.8. The maximum Gasteiger partial charge on any atom is 0.416 e. The van der Waals surface area contributed by atoms with Crippen LogP contribution in [0.2, 0.25) is 0 Å². The number of ether oxygens (including phenoxy) is 1. The molecule has 1 aliphatic heterocycles. The number of rotatable bonds is 2. The predicted octanol–water partition coefficient (Wildman–Crippen LogP) is 2.36. The van der Waals surface area contributed by atoms with E-state index in [1.165, 1.54) is 18.2 Å². The molecule has 1 heterocycles. The molecule has 0 aliphatic carbocycles. The van der Waals surface area contributed by atoms with Crippen LogP contribution in [-0.2, 0) is 17.3 Å². The average Bonchev–Trinajstić information content (AvgIpc) is 2.63. The monoisotopic (exact) mass is 245 g/mol. The smallest absolute Gasteiger partial charge is 0.416 e. The second-order valence-corrected chi connectivity index (χ2v) is 3.77. The van der Waals surface area contributed by atoms with E-state index >= 15 is 0 Å². The molecule has 0 saturated carbocycles. The molecule has 3 nitrogen and oxygen atoms in total. The van der Waals surface area contributed by atoms with Crippen LogP contribution >= 0.6 is 0 Å². The van der Waals surface area contributed by atoms with Gasteiger partial charge in [-0.15, -0.1) is 0 Å². The highest BCUT2D eigenvalue weighted by atomic mass is 19.4. The molecule has 1 amide bonds. The summed E-state index contributed by atoms with van der Waals surface area (Å²) >= 11 is 0. The maximum absolute atomic E-state index is 12.7. The van der Waals surface area contributed by atoms with Crippen molar-refractivity contribution in [3.05, 3.63) is 35.4 Å². The Kier molecular flexibility index (Phi) is 2.95. The van der Waals surface area contributed by atoms with Gasteiger partial charge in [0.2, 0.25) is 0 Å². The molecular weight excluding hydrogens is 235 g/mol. The third-order valence-corrected chi connectivity index (χ3v) is 2.52. The molecule has 92 valence electrons. The standard InChI is InChI=1S/C11H10F3NO2/c12-11(13,14)9-4-2-1-3-7(9)5-8-6-15-10(16)17-8/h1-4,8H,5-6H2,(H,15,16). The van der Waals surface area contributed by atoms with Crippen LogP contribution in [-0.4, -0.2) is 18.7 Å². The fourth-order valence-electron chi connectivity index (χ4n) is 1.77. The second kappa shape index (κ2) is 4.27. The Hall–Kier alpha value is -1.72. The number of alkyl halides is 3. The van der Waals surface area contributed by atoms with E-state index in [2.05, 4.69) is 5.32 Å². The number of alkyl carbamates (subject to hydrolysis) is 1. The number of benzene rings is 1. The first-order chi connectivity index (χ1) is 7.97. The summed E-state index contributed by atoms with van der Waals surface area (Å²) in [5, 5.41) is 2.41. The molecule has 0 radical (unpaired) electrons. The molecule has 1 atom stereocenters. The third-order valence-electron chi connectivity index (χ3n) is 2.52. The van der Waals surface area contributed by atoms with Gasteiger partial charge in [-0.25, -0.2) is 4.79 Å². The van der Waals surface area contributed by atoms with Gasteiger partial charge in [-0.1, -0.05) is 18.2 Å². The van der Waals surface area contributed by atoms with Crippen LogP contribution in [0, 0.1) is 0 Å². The Morgan fingerprint density at radius 2 is 2.06 bits per heavy atom. The molecule has 0 bridgehead atoms. The fourth-order valence-corrected chi connectivity index (χ4v) is 1.77. The van der Waals surface area contributed by atoms with E-state index in [0.29, 0.717) is 0 Å². The number of hydrogen-bond donors (Lipinski definition) is 1. The lowest BCUT2D eigenvalue weighted by Crippen LogP contribution is -2.19. The number of cyclic esters (lactones) is 1. The van der Waals surface area contributed by atoms with Crippen molar-refractivity contribution < 1.29 is 22.7 Å². The van der Waals surface area contributed by atoms with Crippen LogP contribution in [0.4, 0.5) is 18.0 Å². The maximum atomic E-state index is 12.7. The summed E-state index contributed by atoms with van der Waals surface area (Å²) in [4.78, 5) is 10.8. The zero-order chi connectivity index (χ0) is 12.5. The van der Waals surface area contributed by atoms with E-state index in [-0.39, 0.29) is 18.5 Å². The largest absolute Gasteiger partial charge is 0.444 e. The summed E-state index contributed by atoms with van der Waals surface area (Å²) in [6.07, 6.45) is -5.44. The van der Waals surface area contributed by atoms with E-state index in [1.807, 2.05) is 0 Å². The zero-order valence-corrected chi connectivity index (χ0v) is 8.75. The SMILES string of the molecule is O=C1NCC(Cc2ccccc2C(F)(F)F)O1. The zero-order valence-electron chi connectivity index (χ0n) is 8.75. The van der Waals surface area contributed by atoms with E-state index < -0.39 is 23.9 Å². The van der Waals surface area contributed by atoms with Gasteiger partial charge in [0.25, 0.3) is 0 Å². The Morgan fingerprint density at radius 3 is 2.65 bits per heavy atom. The van der Waals surface area contributed by atoms with Crippen molar-refractivity contribution in [2.75, 3.05) is 6.54 Å². The highest BCUT2D eigenvalue weighted by molar-refractivity contribution is 5.69. The summed E-state index contributed by atoms with van der Waals surface area (Å²) in [5.74, 6) is 0. The van der Waals surface area contributed by atoms with Crippen molar-refractivity contribution in [2.24, 2.45) is 0 Å². The highest BCUT2D eigenvalue weighted by Gasteiger charge is 2.34. The molecule has 0 aromatic heterocycles. The molecular formula is C11H10F3NO2. The first-order valence-electron chi connectivity index (χ1n) is 5.06. The summed E-state index contributed by atoms with van der Waals surface area (Å²) < 4.78 is 42.8. The first-order valence-corrected chi connectivity index (χ1v) is 5.06. The number of carbonyl (C=O) groups is 1. The van der Waals surface area contributed by atoms with Crippen LogP contribution < -0.4 is 5.32 Å². The Labute approximate surface area is 95.6 Å². The molecule has 1 aliphatic rings. The molecule has 1 aromatic carbocycles. The minimum Gasteiger partial charge on any atom is -0.444 e. The minimum atomic E-state index is -4.38. The Morgan fingerprint density at radius 1 is 1.35 bits per heavy atom. The van der Waals surface area contributed by atoms with Crippen molar-refractivity contribution in [1.82, 2.24) is 5.32 Å². The topological polar surface area (TPSA) is 38.3 Å². The van der Waals surface area contributed by atoms with Crippen LogP contribution in [0.1, 0.15) is 11.1 Å². The second-order valence-electron chi connectivity index (χ2n) is 3.77. The number of halogens is 3. The lowest BCUT2D eigenvalue weighted by molar-refractivity contribution is -0.138. The van der Waals surface area contributed by atoms with E-state index in [4.69, 9.17) is 4.74 Å². The average molecular weight is 245 g/mol. The van der Waals surface area contributed by atoms with Crippen molar-refractivity contribution in [3.8, 4) is 0 Å². The molecule has 1 N–H and O–H groups in total. The number of amides is 1. The molecule has 1 unspecified atom stereocenters. The Bertz CT molecular complexity index is 431. The van der Waals surface area contributed by atoms with Gasteiger partial charge in [0.1, 0.15) is 6.10 Å². The lowest BCUT2D eigenvalue weighted by Gasteiger charge is -2.14. The van der Waals surface area contributed by atoms with Crippen molar-refractivity contribution >= 4 is 6.09 Å². The van der Waals surface area contributed by atoms with Crippen LogP contribution in [0.15, 0.2) is 24.3 Å². The molecule has 1 saturated heterocycles. The van der Waals surface area contributed by atoms with Crippen LogP contribution in [0.3, 0.4) is 0 Å². The molecule has 1 fully saturated rings. The van der Waals surface area contributed by atoms with Gasteiger partial charge < -0.3 is 10.1 Å². The molecule has 6 heteroatoms. The van der Waals surface area contributed by atoms with Gasteiger partial charge in [-0.3, -0.25) is 0 Å². The molecule has 2 rings (SSSR count). The highest BCUT2D eigenvalue weighted by Crippen LogP contribution is 2.32. The summed E-state index contributed by atoms with van der Waals surface area (Å²) in [7, 11) is 0. The normalized spacial score (nSPS) is 19.9. The van der Waals surface area contributed by atoms with E-state index in [9.17, 15) is 18.0 Å². The number of carbonyl (C=O) groups excluding carboxylic acids is 1. The number of nitrogens with one attached hydrogen (secondary N) is 1. The van der Waals surface area contributed by atoms with Gasteiger partial charge in [-0.05, 0) is 11.6 Å². The number of hydrogen-bond acceptors (Lipinski definition) is 2. The van der Waals surface area contributed by atoms with E-state index in [1.54, 1.807) is 0 Å². The van der Waals surface area contributed by atoms with Crippen molar-refractivity contribution in [1.29, 1.82) is 0 Å². The van der Waals surface area contributed by atoms with Crippen molar-refractivity contribution in [3.63, 3.8) is 0 Å². The van der Waals surface area contributed by atoms with Gasteiger partial charge in [-0.2, -0.15) is 13.2 Å². The molecule has 1 aromatic rings. The van der Waals surface area contributed by atoms with Crippen LogP contribution in [0.25, 0.3) is 0 Å².